The molecule has 7 heavy (non-hydrogen) atoms. The highest BCUT2D eigenvalue weighted by molar-refractivity contribution is 6.00. The maximum absolute atomic E-state index is 10.4. The van der Waals surface area contributed by atoms with Gasteiger partial charge in [-0.2, -0.15) is 0 Å². The van der Waals surface area contributed by atoms with Crippen molar-refractivity contribution in [3.05, 3.63) is 18.2 Å². The van der Waals surface area contributed by atoms with Crippen LogP contribution in [0.4, 0.5) is 0 Å². The van der Waals surface area contributed by atoms with Crippen molar-refractivity contribution in [2.75, 3.05) is 0 Å². The summed E-state index contributed by atoms with van der Waals surface area (Å²) in [5.41, 5.74) is 0.583. The standard InChI is InChI=1S/C4H2N2O/c7-4-3-1-6(4)2-5-3/h1-2H. The summed E-state index contributed by atoms with van der Waals surface area (Å²) in [6.45, 7) is 0. The molecule has 0 radical (unpaired) electrons. The van der Waals surface area contributed by atoms with E-state index >= 15 is 0 Å². The second-order valence-electron chi connectivity index (χ2n) is 1.47. The second-order valence-corrected chi connectivity index (χ2v) is 1.47. The van der Waals surface area contributed by atoms with Crippen LogP contribution in [0, 0.1) is 0 Å². The van der Waals surface area contributed by atoms with Crippen LogP contribution in [0.3, 0.4) is 0 Å². The largest absolute Gasteiger partial charge is 0.283 e. The number of carbonyl (C=O) groups excluding carboxylic acids is 1. The lowest BCUT2D eigenvalue weighted by atomic mass is 10.4. The van der Waals surface area contributed by atoms with Crippen LogP contribution in [0.25, 0.3) is 0 Å². The first-order chi connectivity index (χ1) is 3.38. The van der Waals surface area contributed by atoms with E-state index < -0.39 is 0 Å². The van der Waals surface area contributed by atoms with Crippen LogP contribution in [0.15, 0.2) is 12.5 Å². The molecule has 0 atom stereocenters. The lowest BCUT2D eigenvalue weighted by Crippen LogP contribution is -2.14. The second kappa shape index (κ2) is 0.621. The molecule has 34 valence electrons. The Bertz CT molecular complexity index is 197. The molecule has 0 unspecified atom stereocenters. The Morgan fingerprint density at radius 3 is 2.71 bits per heavy atom. The first-order valence-electron chi connectivity index (χ1n) is 1.96. The van der Waals surface area contributed by atoms with E-state index in [0.29, 0.717) is 5.69 Å². The van der Waals surface area contributed by atoms with Crippen molar-refractivity contribution in [2.24, 2.45) is 0 Å². The molecule has 0 aliphatic carbocycles. The number of hydrogen-bond donors (Lipinski definition) is 0. The van der Waals surface area contributed by atoms with Crippen molar-refractivity contribution < 1.29 is 4.79 Å². The fraction of sp³-hybridized carbons (Fsp3) is 0. The number of hydrogen-bond acceptors (Lipinski definition) is 2. The molecule has 3 rings (SSSR count). The van der Waals surface area contributed by atoms with Crippen LogP contribution < -0.4 is 0 Å². The summed E-state index contributed by atoms with van der Waals surface area (Å²) >= 11 is 0. The van der Waals surface area contributed by atoms with Gasteiger partial charge in [-0.3, -0.25) is 9.36 Å². The lowest BCUT2D eigenvalue weighted by Gasteiger charge is -1.99. The number of imidazole rings is 1. The molecular weight excluding hydrogens is 92.1 g/mol. The third-order valence-electron chi connectivity index (χ3n) is 1.04. The highest BCUT2D eigenvalue weighted by atomic mass is 16.2. The fourth-order valence-electron chi connectivity index (χ4n) is 0.610. The van der Waals surface area contributed by atoms with Gasteiger partial charge in [0, 0.05) is 6.20 Å². The highest BCUT2D eigenvalue weighted by Gasteiger charge is 2.20. The zero-order chi connectivity index (χ0) is 4.85. The van der Waals surface area contributed by atoms with Crippen molar-refractivity contribution in [2.45, 2.75) is 0 Å². The van der Waals surface area contributed by atoms with Gasteiger partial charge < -0.3 is 0 Å². The van der Waals surface area contributed by atoms with Crippen LogP contribution in [0.2, 0.25) is 0 Å². The highest BCUT2D eigenvalue weighted by Crippen LogP contribution is 2.08. The number of aromatic nitrogens is 2. The van der Waals surface area contributed by atoms with E-state index in [9.17, 15) is 4.79 Å². The quantitative estimate of drug-likeness (QED) is 0.456. The molecule has 1 aromatic rings. The minimum Gasteiger partial charge on any atom is -0.270 e. The maximum atomic E-state index is 10.4. The molecule has 1 aromatic heterocycles. The van der Waals surface area contributed by atoms with Gasteiger partial charge in [-0.1, -0.05) is 0 Å². The summed E-state index contributed by atoms with van der Waals surface area (Å²) in [5, 5.41) is 0. The Morgan fingerprint density at radius 1 is 1.71 bits per heavy atom. The molecule has 0 saturated carbocycles. The summed E-state index contributed by atoms with van der Waals surface area (Å²) in [7, 11) is 0. The molecule has 0 saturated heterocycles. The number of carbonyl (C=O) groups is 1. The van der Waals surface area contributed by atoms with Crippen molar-refractivity contribution in [1.29, 1.82) is 0 Å². The summed E-state index contributed by atoms with van der Waals surface area (Å²) in [4.78, 5) is 14.1. The number of rotatable bonds is 0. The van der Waals surface area contributed by atoms with Crippen molar-refractivity contribution in [1.82, 2.24) is 9.55 Å². The minimum absolute atomic E-state index is 0.0278. The number of fused-ring (bicyclic) bond motifs is 1. The van der Waals surface area contributed by atoms with E-state index in [2.05, 4.69) is 4.98 Å². The van der Waals surface area contributed by atoms with E-state index in [1.807, 2.05) is 0 Å². The number of nitrogens with zero attached hydrogens (tertiary/aromatic N) is 2. The van der Waals surface area contributed by atoms with E-state index in [-0.39, 0.29) is 5.91 Å². The van der Waals surface area contributed by atoms with Gasteiger partial charge in [-0.05, 0) is 0 Å². The van der Waals surface area contributed by atoms with Crippen LogP contribution in [-0.2, 0) is 0 Å². The van der Waals surface area contributed by atoms with Gasteiger partial charge in [0.05, 0.1) is 0 Å². The predicted octanol–water partition coefficient (Wildman–Crippen LogP) is -0.115. The molecule has 0 aromatic carbocycles. The molecule has 0 amide bonds. The molecule has 0 N–H and O–H groups in total. The first-order valence-corrected chi connectivity index (χ1v) is 1.96. The molecule has 3 heteroatoms. The van der Waals surface area contributed by atoms with Gasteiger partial charge in [-0.15, -0.1) is 0 Å². The third kappa shape index (κ3) is 0.161. The molecule has 0 fully saturated rings. The summed E-state index contributed by atoms with van der Waals surface area (Å²) in [5.74, 6) is 0.0278. The van der Waals surface area contributed by atoms with Gasteiger partial charge >= 0.3 is 0 Å². The van der Waals surface area contributed by atoms with Crippen molar-refractivity contribution >= 4 is 5.91 Å². The minimum atomic E-state index is 0.0278. The smallest absolute Gasteiger partial charge is 0.270 e. The van der Waals surface area contributed by atoms with Gasteiger partial charge in [0.1, 0.15) is 12.0 Å². The molecule has 0 spiro atoms. The summed E-state index contributed by atoms with van der Waals surface area (Å²) in [6.07, 6.45) is 3.21. The topological polar surface area (TPSA) is 34.9 Å². The Morgan fingerprint density at radius 2 is 2.57 bits per heavy atom. The molecule has 2 aliphatic rings. The first kappa shape index (κ1) is 2.96. The van der Waals surface area contributed by atoms with Gasteiger partial charge in [0.2, 0.25) is 0 Å². The van der Waals surface area contributed by atoms with Gasteiger partial charge in [0.15, 0.2) is 0 Å². The van der Waals surface area contributed by atoms with E-state index in [4.69, 9.17) is 0 Å². The summed E-state index contributed by atoms with van der Waals surface area (Å²) < 4.78 is 1.45. The van der Waals surface area contributed by atoms with Gasteiger partial charge in [-0.25, -0.2) is 4.98 Å². The molecule has 2 aliphatic heterocycles. The Kier molecular flexibility index (Phi) is 0.262. The van der Waals surface area contributed by atoms with E-state index in [0.717, 1.165) is 0 Å². The third-order valence-corrected chi connectivity index (χ3v) is 1.04. The van der Waals surface area contributed by atoms with Crippen LogP contribution in [0.1, 0.15) is 10.5 Å². The lowest BCUT2D eigenvalue weighted by molar-refractivity contribution is 0.0940. The fourth-order valence-corrected chi connectivity index (χ4v) is 0.610. The Hall–Kier alpha value is -1.12. The van der Waals surface area contributed by atoms with E-state index in [1.165, 1.54) is 10.9 Å². The molecule has 3 heterocycles. The molecule has 2 bridgehead atoms. The monoisotopic (exact) mass is 94.0 g/mol. The van der Waals surface area contributed by atoms with Crippen molar-refractivity contribution in [3.63, 3.8) is 0 Å². The SMILES string of the molecule is O=C1c2cn1cn2. The predicted molar refractivity (Wildman–Crippen MR) is 22.0 cm³/mol. The Balaban J connectivity index is 2.91. The zero-order valence-corrected chi connectivity index (χ0v) is 3.46. The Labute approximate surface area is 39.6 Å². The maximum Gasteiger partial charge on any atom is 0.283 e. The molecular formula is C4H2N2O. The van der Waals surface area contributed by atoms with Crippen LogP contribution >= 0.6 is 0 Å². The average Bonchev–Trinajstić information content (AvgIpc) is 2.18. The van der Waals surface area contributed by atoms with Gasteiger partial charge in [0.25, 0.3) is 5.91 Å². The van der Waals surface area contributed by atoms with Crippen molar-refractivity contribution in [3.8, 4) is 0 Å². The average molecular weight is 94.1 g/mol. The zero-order valence-electron chi connectivity index (χ0n) is 3.46. The van der Waals surface area contributed by atoms with Crippen LogP contribution in [0.5, 0.6) is 0 Å². The molecule has 3 nitrogen and oxygen atoms in total. The van der Waals surface area contributed by atoms with Crippen LogP contribution in [-0.4, -0.2) is 15.5 Å². The normalized spacial score (nSPS) is 14.0. The summed E-state index contributed by atoms with van der Waals surface area (Å²) in [6, 6.07) is 0. The van der Waals surface area contributed by atoms with E-state index in [1.54, 1.807) is 6.20 Å².